The van der Waals surface area contributed by atoms with Crippen molar-refractivity contribution in [1.29, 1.82) is 0 Å². The second-order valence-electron chi connectivity index (χ2n) is 5.11. The van der Waals surface area contributed by atoms with Gasteiger partial charge in [-0.25, -0.2) is 0 Å². The van der Waals surface area contributed by atoms with Crippen molar-refractivity contribution in [2.45, 2.75) is 31.7 Å². The first-order valence-electron chi connectivity index (χ1n) is 6.64. The highest BCUT2D eigenvalue weighted by molar-refractivity contribution is 7.07. The number of nitrogens with zero attached hydrogens (tertiary/aromatic N) is 3. The summed E-state index contributed by atoms with van der Waals surface area (Å²) in [4.78, 5) is 14.7. The van der Waals surface area contributed by atoms with Gasteiger partial charge < -0.3 is 10.2 Å². The number of amides is 1. The highest BCUT2D eigenvalue weighted by atomic mass is 32.1. The molecule has 2 saturated heterocycles. The summed E-state index contributed by atoms with van der Waals surface area (Å²) in [6.45, 7) is 2.91. The predicted molar refractivity (Wildman–Crippen MR) is 69.6 cm³/mol. The fourth-order valence-corrected chi connectivity index (χ4v) is 3.52. The number of carbonyl (C=O) groups is 1. The molecule has 1 unspecified atom stereocenters. The Morgan fingerprint density at radius 1 is 1.39 bits per heavy atom. The maximum absolute atomic E-state index is 12.1. The van der Waals surface area contributed by atoms with Crippen molar-refractivity contribution in [3.05, 3.63) is 11.1 Å². The van der Waals surface area contributed by atoms with Crippen LogP contribution < -0.4 is 5.32 Å². The minimum Gasteiger partial charge on any atom is -0.338 e. The van der Waals surface area contributed by atoms with Crippen LogP contribution in [0, 0.1) is 5.92 Å². The lowest BCUT2D eigenvalue weighted by molar-refractivity contribution is 0.0679. The van der Waals surface area contributed by atoms with Gasteiger partial charge >= 0.3 is 0 Å². The van der Waals surface area contributed by atoms with E-state index in [-0.39, 0.29) is 5.91 Å². The van der Waals surface area contributed by atoms with E-state index in [2.05, 4.69) is 14.9 Å². The molecule has 5 nitrogen and oxygen atoms in total. The van der Waals surface area contributed by atoms with E-state index < -0.39 is 0 Å². The average Bonchev–Trinajstić information content (AvgIpc) is 3.11. The van der Waals surface area contributed by atoms with Crippen LogP contribution in [0.15, 0.2) is 6.20 Å². The third-order valence-electron chi connectivity index (χ3n) is 4.07. The molecule has 6 heteroatoms. The second kappa shape index (κ2) is 5.32. The van der Waals surface area contributed by atoms with Gasteiger partial charge in [-0.2, -0.15) is 0 Å². The zero-order chi connectivity index (χ0) is 12.4. The average molecular weight is 266 g/mol. The highest BCUT2D eigenvalue weighted by Gasteiger charge is 2.30. The molecule has 2 aliphatic rings. The highest BCUT2D eigenvalue weighted by Crippen LogP contribution is 2.26. The van der Waals surface area contributed by atoms with Gasteiger partial charge in [-0.1, -0.05) is 4.49 Å². The van der Waals surface area contributed by atoms with E-state index in [1.54, 1.807) is 6.20 Å². The summed E-state index contributed by atoms with van der Waals surface area (Å²) in [6, 6.07) is 0.687. The molecule has 1 N–H and O–H groups in total. The Hall–Kier alpha value is -1.01. The van der Waals surface area contributed by atoms with E-state index in [0.29, 0.717) is 10.9 Å². The molecule has 0 radical (unpaired) electrons. The number of aromatic nitrogens is 2. The Bertz CT molecular complexity index is 394. The van der Waals surface area contributed by atoms with E-state index in [1.165, 1.54) is 24.4 Å². The summed E-state index contributed by atoms with van der Waals surface area (Å²) in [7, 11) is 0. The molecule has 18 heavy (non-hydrogen) atoms. The van der Waals surface area contributed by atoms with Gasteiger partial charge in [-0.05, 0) is 49.7 Å². The van der Waals surface area contributed by atoms with Crippen LogP contribution in [0.4, 0.5) is 0 Å². The molecule has 0 aromatic carbocycles. The first-order chi connectivity index (χ1) is 8.84. The molecule has 1 atom stereocenters. The normalized spacial score (nSPS) is 25.6. The Kier molecular flexibility index (Phi) is 3.56. The Morgan fingerprint density at radius 3 is 2.83 bits per heavy atom. The molecule has 2 fully saturated rings. The number of hydrogen-bond acceptors (Lipinski definition) is 5. The minimum atomic E-state index is 0.0998. The Balaban J connectivity index is 1.55. The quantitative estimate of drug-likeness (QED) is 0.872. The largest absolute Gasteiger partial charge is 0.338 e. The van der Waals surface area contributed by atoms with Crippen molar-refractivity contribution in [3.8, 4) is 0 Å². The van der Waals surface area contributed by atoms with E-state index in [1.807, 2.05) is 4.90 Å². The lowest BCUT2D eigenvalue weighted by Crippen LogP contribution is -2.43. The lowest BCUT2D eigenvalue weighted by atomic mass is 9.88. The van der Waals surface area contributed by atoms with Crippen molar-refractivity contribution >= 4 is 17.4 Å². The molecule has 3 heterocycles. The van der Waals surface area contributed by atoms with Gasteiger partial charge in [-0.15, -0.1) is 5.10 Å². The molecule has 0 saturated carbocycles. The summed E-state index contributed by atoms with van der Waals surface area (Å²) in [6.07, 6.45) is 6.41. The summed E-state index contributed by atoms with van der Waals surface area (Å²) < 4.78 is 3.75. The van der Waals surface area contributed by atoms with Crippen LogP contribution in [-0.4, -0.2) is 46.1 Å². The van der Waals surface area contributed by atoms with Crippen LogP contribution in [0.2, 0.25) is 0 Å². The number of carbonyl (C=O) groups excluding carboxylic acids is 1. The van der Waals surface area contributed by atoms with Crippen molar-refractivity contribution in [2.24, 2.45) is 5.92 Å². The number of hydrogen-bond donors (Lipinski definition) is 1. The molecule has 98 valence electrons. The molecule has 2 aliphatic heterocycles. The van der Waals surface area contributed by atoms with E-state index in [9.17, 15) is 4.79 Å². The molecule has 0 aliphatic carbocycles. The lowest BCUT2D eigenvalue weighted by Gasteiger charge is -2.34. The minimum absolute atomic E-state index is 0.0998. The monoisotopic (exact) mass is 266 g/mol. The van der Waals surface area contributed by atoms with Gasteiger partial charge in [0.2, 0.25) is 0 Å². The van der Waals surface area contributed by atoms with Gasteiger partial charge in [0, 0.05) is 19.1 Å². The third kappa shape index (κ3) is 2.40. The van der Waals surface area contributed by atoms with Crippen LogP contribution in [0.3, 0.4) is 0 Å². The molecular weight excluding hydrogens is 248 g/mol. The van der Waals surface area contributed by atoms with Gasteiger partial charge in [0.25, 0.3) is 5.91 Å². The van der Waals surface area contributed by atoms with Gasteiger partial charge in [0.1, 0.15) is 4.88 Å². The standard InChI is InChI=1S/C12H18N4OS/c17-12(11-8-14-15-18-11)16-6-3-9(4-7-16)10-2-1-5-13-10/h8-10,13H,1-7H2. The maximum Gasteiger partial charge on any atom is 0.267 e. The molecule has 0 spiro atoms. The van der Waals surface area contributed by atoms with E-state index in [0.717, 1.165) is 38.4 Å². The number of piperidine rings is 1. The smallest absolute Gasteiger partial charge is 0.267 e. The molecule has 1 aromatic heterocycles. The number of likely N-dealkylation sites (tertiary alicyclic amines) is 1. The zero-order valence-electron chi connectivity index (χ0n) is 10.3. The van der Waals surface area contributed by atoms with Crippen LogP contribution in [0.1, 0.15) is 35.4 Å². The molecule has 0 bridgehead atoms. The van der Waals surface area contributed by atoms with E-state index >= 15 is 0 Å². The van der Waals surface area contributed by atoms with Gasteiger partial charge in [0.15, 0.2) is 0 Å². The summed E-state index contributed by atoms with van der Waals surface area (Å²) in [5.41, 5.74) is 0. The zero-order valence-corrected chi connectivity index (χ0v) is 11.2. The molecule has 1 amide bonds. The fraction of sp³-hybridized carbons (Fsp3) is 0.750. The first-order valence-corrected chi connectivity index (χ1v) is 7.42. The molecular formula is C12H18N4OS. The van der Waals surface area contributed by atoms with Crippen LogP contribution >= 0.6 is 11.5 Å². The fourth-order valence-electron chi connectivity index (χ4n) is 3.04. The molecule has 3 rings (SSSR count). The van der Waals surface area contributed by atoms with Crippen molar-refractivity contribution in [1.82, 2.24) is 19.8 Å². The second-order valence-corrected chi connectivity index (χ2v) is 5.90. The third-order valence-corrected chi connectivity index (χ3v) is 4.72. The van der Waals surface area contributed by atoms with Crippen LogP contribution in [-0.2, 0) is 0 Å². The van der Waals surface area contributed by atoms with Crippen molar-refractivity contribution in [2.75, 3.05) is 19.6 Å². The SMILES string of the molecule is O=C(c1cnns1)N1CCC(C2CCCN2)CC1. The molecule has 1 aromatic rings. The number of rotatable bonds is 2. The topological polar surface area (TPSA) is 58.1 Å². The van der Waals surface area contributed by atoms with Crippen LogP contribution in [0.25, 0.3) is 0 Å². The van der Waals surface area contributed by atoms with Crippen molar-refractivity contribution < 1.29 is 4.79 Å². The Morgan fingerprint density at radius 2 is 2.22 bits per heavy atom. The van der Waals surface area contributed by atoms with Crippen molar-refractivity contribution in [3.63, 3.8) is 0 Å². The summed E-state index contributed by atoms with van der Waals surface area (Å²) >= 11 is 1.19. The van der Waals surface area contributed by atoms with Crippen LogP contribution in [0.5, 0.6) is 0 Å². The summed E-state index contributed by atoms with van der Waals surface area (Å²) in [5, 5.41) is 7.30. The van der Waals surface area contributed by atoms with Gasteiger partial charge in [0.05, 0.1) is 6.20 Å². The first kappa shape index (κ1) is 12.0. The Labute approximate surface area is 111 Å². The predicted octanol–water partition coefficient (Wildman–Crippen LogP) is 1.14. The number of nitrogens with one attached hydrogen (secondary N) is 1. The van der Waals surface area contributed by atoms with Gasteiger partial charge in [-0.3, -0.25) is 4.79 Å². The maximum atomic E-state index is 12.1. The summed E-state index contributed by atoms with van der Waals surface area (Å²) in [5.74, 6) is 0.846. The van der Waals surface area contributed by atoms with E-state index in [4.69, 9.17) is 0 Å².